The van der Waals surface area contributed by atoms with Crippen LogP contribution in [0.3, 0.4) is 0 Å². The van der Waals surface area contributed by atoms with E-state index in [4.69, 9.17) is 16.3 Å². The zero-order valence-corrected chi connectivity index (χ0v) is 26.7. The standard InChI is InChI=1S/C33H35ClFN5O4S/c1-33(12-13-33)22-44-31-30(20-37-40(32(31)41)27-5-3-4-25(34)19-27)38-14-16-39(17-15-38)45(42,43)21-23-6-11-28(29(18-23)36-2)24-7-9-26(35)10-8-24/h3-11,18-20,36H,12-17,21-22H2,1-2H3. The zero-order chi connectivity index (χ0) is 31.8. The molecule has 1 aliphatic carbocycles. The summed E-state index contributed by atoms with van der Waals surface area (Å²) in [6.45, 7) is 3.80. The van der Waals surface area contributed by atoms with Gasteiger partial charge in [0.1, 0.15) is 11.5 Å². The van der Waals surface area contributed by atoms with Crippen LogP contribution in [-0.4, -0.2) is 62.3 Å². The lowest BCUT2D eigenvalue weighted by molar-refractivity contribution is 0.242. The molecule has 0 spiro atoms. The Labute approximate surface area is 267 Å². The Morgan fingerprint density at radius 2 is 1.76 bits per heavy atom. The first kappa shape index (κ1) is 31.1. The molecule has 0 bridgehead atoms. The lowest BCUT2D eigenvalue weighted by Gasteiger charge is -2.35. The highest BCUT2D eigenvalue weighted by atomic mass is 35.5. The van der Waals surface area contributed by atoms with Gasteiger partial charge in [0.05, 0.1) is 24.2 Å². The van der Waals surface area contributed by atoms with E-state index in [0.29, 0.717) is 41.7 Å². The molecule has 1 aliphatic heterocycles. The second-order valence-electron chi connectivity index (χ2n) is 11.9. The monoisotopic (exact) mass is 651 g/mol. The molecular formula is C33H35ClFN5O4S. The van der Waals surface area contributed by atoms with Gasteiger partial charge in [-0.2, -0.15) is 14.1 Å². The molecule has 1 saturated heterocycles. The van der Waals surface area contributed by atoms with E-state index in [1.165, 1.54) is 21.1 Å². The normalized spacial score (nSPS) is 16.4. The maximum Gasteiger partial charge on any atom is 0.316 e. The summed E-state index contributed by atoms with van der Waals surface area (Å²) in [7, 11) is -1.86. The van der Waals surface area contributed by atoms with Gasteiger partial charge >= 0.3 is 5.56 Å². The van der Waals surface area contributed by atoms with Crippen molar-refractivity contribution in [3.8, 4) is 22.6 Å². The van der Waals surface area contributed by atoms with Crippen LogP contribution in [0.1, 0.15) is 25.3 Å². The number of benzene rings is 3. The number of nitrogens with one attached hydrogen (secondary N) is 1. The van der Waals surface area contributed by atoms with Crippen LogP contribution >= 0.6 is 11.6 Å². The third kappa shape index (κ3) is 6.85. The third-order valence-corrected chi connectivity index (χ3v) is 10.6. The minimum atomic E-state index is -3.63. The maximum atomic E-state index is 13.7. The van der Waals surface area contributed by atoms with Gasteiger partial charge in [-0.1, -0.05) is 48.9 Å². The molecule has 12 heteroatoms. The number of anilines is 2. The van der Waals surface area contributed by atoms with Gasteiger partial charge in [0.15, 0.2) is 0 Å². The van der Waals surface area contributed by atoms with Crippen LogP contribution in [0.5, 0.6) is 5.75 Å². The molecule has 3 aromatic carbocycles. The predicted octanol–water partition coefficient (Wildman–Crippen LogP) is 5.56. The SMILES string of the molecule is CNc1cc(CS(=O)(=O)N2CCN(c3cnn(-c4cccc(Cl)c4)c(=O)c3OCC3(C)CC3)CC2)ccc1-c1ccc(F)cc1. The fourth-order valence-electron chi connectivity index (χ4n) is 5.46. The molecule has 2 heterocycles. The van der Waals surface area contributed by atoms with Gasteiger partial charge in [0.2, 0.25) is 15.8 Å². The number of piperazine rings is 1. The smallest absolute Gasteiger partial charge is 0.316 e. The van der Waals surface area contributed by atoms with E-state index in [1.807, 2.05) is 17.0 Å². The number of halogens is 2. The lowest BCUT2D eigenvalue weighted by Crippen LogP contribution is -2.49. The molecule has 1 saturated carbocycles. The number of rotatable bonds is 10. The van der Waals surface area contributed by atoms with Crippen LogP contribution < -0.4 is 20.5 Å². The van der Waals surface area contributed by atoms with E-state index in [1.54, 1.807) is 55.7 Å². The van der Waals surface area contributed by atoms with Crippen LogP contribution in [0.2, 0.25) is 5.02 Å². The number of aromatic nitrogens is 2. The molecule has 9 nitrogen and oxygen atoms in total. The minimum absolute atomic E-state index is 0.0466. The number of nitrogens with zero attached hydrogens (tertiary/aromatic N) is 4. The van der Waals surface area contributed by atoms with E-state index in [2.05, 4.69) is 17.3 Å². The molecule has 6 rings (SSSR count). The van der Waals surface area contributed by atoms with Crippen molar-refractivity contribution in [2.45, 2.75) is 25.5 Å². The van der Waals surface area contributed by atoms with Crippen LogP contribution in [0.4, 0.5) is 15.8 Å². The predicted molar refractivity (Wildman–Crippen MR) is 175 cm³/mol. The minimum Gasteiger partial charge on any atom is -0.486 e. The molecule has 0 amide bonds. The van der Waals surface area contributed by atoms with Crippen molar-refractivity contribution in [3.63, 3.8) is 0 Å². The van der Waals surface area contributed by atoms with Gasteiger partial charge in [0.25, 0.3) is 0 Å². The summed E-state index contributed by atoms with van der Waals surface area (Å²) in [4.78, 5) is 15.6. The Morgan fingerprint density at radius 3 is 2.42 bits per heavy atom. The fourth-order valence-corrected chi connectivity index (χ4v) is 7.15. The highest BCUT2D eigenvalue weighted by molar-refractivity contribution is 7.88. The van der Waals surface area contributed by atoms with Crippen molar-refractivity contribution < 1.29 is 17.5 Å². The summed E-state index contributed by atoms with van der Waals surface area (Å²) in [5.41, 5.74) is 3.82. The van der Waals surface area contributed by atoms with Crippen molar-refractivity contribution >= 4 is 33.0 Å². The molecule has 236 valence electrons. The highest BCUT2D eigenvalue weighted by Gasteiger charge is 2.39. The number of sulfonamides is 1. The summed E-state index contributed by atoms with van der Waals surface area (Å²) in [6.07, 6.45) is 3.69. The second-order valence-corrected chi connectivity index (χ2v) is 14.3. The lowest BCUT2D eigenvalue weighted by atomic mass is 10.0. The summed E-state index contributed by atoms with van der Waals surface area (Å²) in [6, 6.07) is 18.5. The topological polar surface area (TPSA) is 96.8 Å². The Hall–Kier alpha value is -3.93. The molecule has 2 fully saturated rings. The highest BCUT2D eigenvalue weighted by Crippen LogP contribution is 2.45. The van der Waals surface area contributed by atoms with Gasteiger partial charge < -0.3 is 15.0 Å². The number of hydrogen-bond acceptors (Lipinski definition) is 7. The van der Waals surface area contributed by atoms with E-state index < -0.39 is 15.6 Å². The molecule has 45 heavy (non-hydrogen) atoms. The zero-order valence-electron chi connectivity index (χ0n) is 25.2. The molecule has 1 N–H and O–H groups in total. The third-order valence-electron chi connectivity index (χ3n) is 8.47. The van der Waals surface area contributed by atoms with E-state index >= 15 is 0 Å². The average molecular weight is 652 g/mol. The average Bonchev–Trinajstić information content (AvgIpc) is 3.77. The Kier molecular flexibility index (Phi) is 8.60. The Balaban J connectivity index is 1.18. The van der Waals surface area contributed by atoms with Gasteiger partial charge in [-0.3, -0.25) is 4.79 Å². The first-order valence-electron chi connectivity index (χ1n) is 14.9. The molecule has 4 aromatic rings. The van der Waals surface area contributed by atoms with E-state index in [-0.39, 0.29) is 35.8 Å². The van der Waals surface area contributed by atoms with Crippen molar-refractivity contribution in [2.75, 3.05) is 50.1 Å². The van der Waals surface area contributed by atoms with Crippen molar-refractivity contribution in [3.05, 3.63) is 99.7 Å². The number of hydrogen-bond donors (Lipinski definition) is 1. The fraction of sp³-hybridized carbons (Fsp3) is 0.333. The summed E-state index contributed by atoms with van der Waals surface area (Å²) < 4.78 is 49.4. The van der Waals surface area contributed by atoms with Crippen molar-refractivity contribution in [1.29, 1.82) is 0 Å². The first-order chi connectivity index (χ1) is 21.5. The van der Waals surface area contributed by atoms with Gasteiger partial charge in [-0.05, 0) is 60.4 Å². The molecule has 0 radical (unpaired) electrons. The molecule has 0 unspecified atom stereocenters. The van der Waals surface area contributed by atoms with Crippen LogP contribution in [0.15, 0.2) is 77.7 Å². The molecule has 0 atom stereocenters. The largest absolute Gasteiger partial charge is 0.486 e. The molecule has 1 aromatic heterocycles. The number of ether oxygens (including phenoxy) is 1. The maximum absolute atomic E-state index is 13.7. The summed E-state index contributed by atoms with van der Waals surface area (Å²) in [5.74, 6) is -0.271. The summed E-state index contributed by atoms with van der Waals surface area (Å²) in [5, 5.41) is 8.04. The van der Waals surface area contributed by atoms with Crippen LogP contribution in [0.25, 0.3) is 16.8 Å². The Bertz CT molecular complexity index is 1870. The summed E-state index contributed by atoms with van der Waals surface area (Å²) >= 11 is 6.17. The van der Waals surface area contributed by atoms with Gasteiger partial charge in [-0.15, -0.1) is 0 Å². The van der Waals surface area contributed by atoms with Crippen LogP contribution in [0, 0.1) is 11.2 Å². The van der Waals surface area contributed by atoms with Crippen molar-refractivity contribution in [1.82, 2.24) is 14.1 Å². The first-order valence-corrected chi connectivity index (χ1v) is 16.8. The second kappa shape index (κ2) is 12.5. The van der Waals surface area contributed by atoms with Gasteiger partial charge in [0, 0.05) is 54.9 Å². The molecular weight excluding hydrogens is 617 g/mol. The molecule has 2 aliphatic rings. The van der Waals surface area contributed by atoms with Crippen molar-refractivity contribution in [2.24, 2.45) is 5.41 Å². The van der Waals surface area contributed by atoms with Gasteiger partial charge in [-0.25, -0.2) is 12.8 Å². The van der Waals surface area contributed by atoms with Crippen LogP contribution in [-0.2, 0) is 15.8 Å². The Morgan fingerprint density at radius 1 is 1.02 bits per heavy atom. The quantitative estimate of drug-likeness (QED) is 0.240. The van der Waals surface area contributed by atoms with E-state index in [9.17, 15) is 17.6 Å². The van der Waals surface area contributed by atoms with E-state index in [0.717, 1.165) is 29.7 Å².